The van der Waals surface area contributed by atoms with E-state index in [9.17, 15) is 9.67 Å². The Bertz CT molecular complexity index is 810. The lowest BCUT2D eigenvalue weighted by atomic mass is 10.3. The Kier molecular flexibility index (Phi) is 6.37. The lowest BCUT2D eigenvalue weighted by Gasteiger charge is -2.25. The lowest BCUT2D eigenvalue weighted by Crippen LogP contribution is -2.30. The highest BCUT2D eigenvalue weighted by molar-refractivity contribution is 8.00. The van der Waals surface area contributed by atoms with Crippen LogP contribution in [0.2, 0.25) is 0 Å². The van der Waals surface area contributed by atoms with Crippen molar-refractivity contribution in [2.75, 3.05) is 6.16 Å². The predicted molar refractivity (Wildman–Crippen MR) is 112 cm³/mol. The SMILES string of the molecule is C[C@H](Sc1ccccc1)[C@H](O)CP(=O)(c1ccccc1)c1ccccc1. The van der Waals surface area contributed by atoms with E-state index in [2.05, 4.69) is 0 Å². The summed E-state index contributed by atoms with van der Waals surface area (Å²) >= 11 is 1.61. The molecule has 0 amide bonds. The molecule has 4 heteroatoms. The van der Waals surface area contributed by atoms with Crippen molar-refractivity contribution >= 4 is 29.5 Å². The van der Waals surface area contributed by atoms with E-state index in [1.165, 1.54) is 0 Å². The quantitative estimate of drug-likeness (QED) is 0.481. The predicted octanol–water partition coefficient (Wildman–Crippen LogP) is 4.54. The van der Waals surface area contributed by atoms with E-state index in [0.717, 1.165) is 15.5 Å². The van der Waals surface area contributed by atoms with E-state index in [1.54, 1.807) is 11.8 Å². The Morgan fingerprint density at radius 2 is 1.23 bits per heavy atom. The summed E-state index contributed by atoms with van der Waals surface area (Å²) in [7, 11) is -2.90. The first-order valence-electron chi connectivity index (χ1n) is 8.70. The molecule has 0 radical (unpaired) electrons. The summed E-state index contributed by atoms with van der Waals surface area (Å²) in [5.41, 5.74) is 0. The number of hydrogen-bond acceptors (Lipinski definition) is 3. The van der Waals surface area contributed by atoms with Gasteiger partial charge in [0.05, 0.1) is 6.10 Å². The number of aliphatic hydroxyl groups is 1. The second-order valence-electron chi connectivity index (χ2n) is 6.30. The van der Waals surface area contributed by atoms with Gasteiger partial charge in [0.2, 0.25) is 0 Å². The fourth-order valence-corrected chi connectivity index (χ4v) is 6.91. The molecule has 1 N–H and O–H groups in total. The molecule has 0 aromatic heterocycles. The monoisotopic (exact) mass is 382 g/mol. The van der Waals surface area contributed by atoms with Gasteiger partial charge in [-0.25, -0.2) is 0 Å². The number of rotatable bonds is 7. The van der Waals surface area contributed by atoms with E-state index in [4.69, 9.17) is 0 Å². The van der Waals surface area contributed by atoms with Crippen LogP contribution in [-0.4, -0.2) is 22.6 Å². The minimum Gasteiger partial charge on any atom is -0.391 e. The van der Waals surface area contributed by atoms with Gasteiger partial charge in [-0.05, 0) is 12.1 Å². The zero-order valence-corrected chi connectivity index (χ0v) is 16.4. The minimum absolute atomic E-state index is 0.0573. The van der Waals surface area contributed by atoms with E-state index in [1.807, 2.05) is 97.9 Å². The molecular weight excluding hydrogens is 359 g/mol. The summed E-state index contributed by atoms with van der Waals surface area (Å²) in [6.07, 6.45) is -0.436. The summed E-state index contributed by atoms with van der Waals surface area (Å²) in [6.45, 7) is 1.99. The fraction of sp³-hybridized carbons (Fsp3) is 0.182. The van der Waals surface area contributed by atoms with Gasteiger partial charge in [-0.2, -0.15) is 0 Å². The number of benzene rings is 3. The van der Waals surface area contributed by atoms with Crippen molar-refractivity contribution in [2.24, 2.45) is 0 Å². The third kappa shape index (κ3) is 4.48. The Labute approximate surface area is 159 Å². The minimum atomic E-state index is -2.90. The van der Waals surface area contributed by atoms with Crippen LogP contribution in [0.5, 0.6) is 0 Å². The molecule has 2 atom stereocenters. The molecule has 26 heavy (non-hydrogen) atoms. The van der Waals surface area contributed by atoms with Gasteiger partial charge in [0.25, 0.3) is 0 Å². The van der Waals surface area contributed by atoms with Crippen molar-refractivity contribution in [3.05, 3.63) is 91.0 Å². The van der Waals surface area contributed by atoms with Gasteiger partial charge in [0.1, 0.15) is 7.14 Å². The van der Waals surface area contributed by atoms with Crippen LogP contribution in [0.15, 0.2) is 95.9 Å². The van der Waals surface area contributed by atoms with Crippen molar-refractivity contribution in [3.63, 3.8) is 0 Å². The molecule has 0 aliphatic carbocycles. The molecule has 0 fully saturated rings. The number of hydrogen-bond donors (Lipinski definition) is 1. The topological polar surface area (TPSA) is 37.3 Å². The van der Waals surface area contributed by atoms with Gasteiger partial charge in [-0.15, -0.1) is 11.8 Å². The average Bonchev–Trinajstić information content (AvgIpc) is 2.70. The molecule has 3 aromatic rings. The highest BCUT2D eigenvalue weighted by atomic mass is 32.2. The molecule has 134 valence electrons. The lowest BCUT2D eigenvalue weighted by molar-refractivity contribution is 0.199. The van der Waals surface area contributed by atoms with Crippen LogP contribution < -0.4 is 10.6 Å². The van der Waals surface area contributed by atoms with Gasteiger partial charge >= 0.3 is 0 Å². The largest absolute Gasteiger partial charge is 0.391 e. The highest BCUT2D eigenvalue weighted by Gasteiger charge is 2.32. The molecule has 0 bridgehead atoms. The van der Waals surface area contributed by atoms with E-state index >= 15 is 0 Å². The summed E-state index contributed by atoms with van der Waals surface area (Å²) < 4.78 is 14.0. The molecule has 0 heterocycles. The Hall–Kier alpha value is -1.80. The second-order valence-corrected chi connectivity index (χ2v) is 10.6. The van der Waals surface area contributed by atoms with Crippen LogP contribution >= 0.6 is 18.9 Å². The van der Waals surface area contributed by atoms with Crippen molar-refractivity contribution in [1.82, 2.24) is 0 Å². The molecule has 0 saturated carbocycles. The summed E-state index contributed by atoms with van der Waals surface area (Å²) in [5, 5.41) is 12.4. The summed E-state index contributed by atoms with van der Waals surface area (Å²) in [5.74, 6) is 0. The van der Waals surface area contributed by atoms with E-state index < -0.39 is 13.2 Å². The first kappa shape index (κ1) is 19.0. The van der Waals surface area contributed by atoms with Gasteiger partial charge in [0.15, 0.2) is 0 Å². The van der Waals surface area contributed by atoms with Crippen LogP contribution in [0.4, 0.5) is 0 Å². The van der Waals surface area contributed by atoms with Crippen molar-refractivity contribution in [1.29, 1.82) is 0 Å². The number of thioether (sulfide) groups is 1. The first-order chi connectivity index (χ1) is 12.6. The Morgan fingerprint density at radius 3 is 1.69 bits per heavy atom. The maximum atomic E-state index is 14.0. The maximum absolute atomic E-state index is 14.0. The van der Waals surface area contributed by atoms with Crippen LogP contribution in [-0.2, 0) is 4.57 Å². The van der Waals surface area contributed by atoms with Gasteiger partial charge in [0, 0.05) is 26.9 Å². The molecule has 0 aliphatic rings. The van der Waals surface area contributed by atoms with Crippen molar-refractivity contribution in [3.8, 4) is 0 Å². The molecule has 0 aliphatic heterocycles. The normalized spacial score (nSPS) is 13.9. The molecule has 2 nitrogen and oxygen atoms in total. The van der Waals surface area contributed by atoms with Crippen LogP contribution in [0.25, 0.3) is 0 Å². The highest BCUT2D eigenvalue weighted by Crippen LogP contribution is 2.45. The van der Waals surface area contributed by atoms with Crippen molar-refractivity contribution in [2.45, 2.75) is 23.2 Å². The molecule has 3 aromatic carbocycles. The fourth-order valence-electron chi connectivity index (χ4n) is 2.90. The van der Waals surface area contributed by atoms with Crippen molar-refractivity contribution < 1.29 is 9.67 Å². The Balaban J connectivity index is 1.85. The average molecular weight is 382 g/mol. The van der Waals surface area contributed by atoms with E-state index in [0.29, 0.717) is 0 Å². The van der Waals surface area contributed by atoms with Crippen LogP contribution in [0.3, 0.4) is 0 Å². The maximum Gasteiger partial charge on any atom is 0.145 e. The summed E-state index contributed by atoms with van der Waals surface area (Å²) in [4.78, 5) is 1.10. The molecular formula is C22H23O2PS. The first-order valence-corrected chi connectivity index (χ1v) is 11.5. The third-order valence-electron chi connectivity index (χ3n) is 4.40. The molecule has 0 saturated heterocycles. The van der Waals surface area contributed by atoms with Crippen LogP contribution in [0, 0.1) is 0 Å². The van der Waals surface area contributed by atoms with Gasteiger partial charge < -0.3 is 9.67 Å². The van der Waals surface area contributed by atoms with Gasteiger partial charge in [-0.1, -0.05) is 85.8 Å². The van der Waals surface area contributed by atoms with E-state index in [-0.39, 0.29) is 11.4 Å². The summed E-state index contributed by atoms with van der Waals surface area (Å²) in [6, 6.07) is 29.1. The molecule has 0 spiro atoms. The molecule has 3 rings (SSSR count). The molecule has 0 unspecified atom stereocenters. The Morgan fingerprint density at radius 1 is 0.808 bits per heavy atom. The second kappa shape index (κ2) is 8.73. The van der Waals surface area contributed by atoms with Crippen LogP contribution in [0.1, 0.15) is 6.92 Å². The van der Waals surface area contributed by atoms with Gasteiger partial charge in [-0.3, -0.25) is 0 Å². The number of aliphatic hydroxyl groups excluding tert-OH is 1. The zero-order chi connectivity index (χ0) is 18.4. The zero-order valence-electron chi connectivity index (χ0n) is 14.7. The smallest absolute Gasteiger partial charge is 0.145 e. The standard InChI is InChI=1S/C22H23O2PS/c1-18(26-21-15-9-4-10-16-21)22(23)17-25(24,19-11-5-2-6-12-19)20-13-7-3-8-14-20/h2-16,18,22-23H,17H2,1H3/t18-,22+/m0/s1. The third-order valence-corrected chi connectivity index (χ3v) is 8.78.